The molecule has 1 aliphatic carbocycles. The number of hydrogen-bond donors (Lipinski definition) is 1. The molecule has 2 aromatic heterocycles. The van der Waals surface area contributed by atoms with E-state index in [0.29, 0.717) is 20.7 Å². The summed E-state index contributed by atoms with van der Waals surface area (Å²) < 4.78 is 2.24. The average Bonchev–Trinajstić information content (AvgIpc) is 3.13. The third-order valence-electron chi connectivity index (χ3n) is 5.01. The van der Waals surface area contributed by atoms with Crippen LogP contribution in [0.2, 0.25) is 0 Å². The van der Waals surface area contributed by atoms with Gasteiger partial charge in [-0.25, -0.2) is 0 Å². The zero-order chi connectivity index (χ0) is 19.2. The molecule has 0 atom stereocenters. The zero-order valence-corrected chi connectivity index (χ0v) is 18.1. The van der Waals surface area contributed by atoms with Gasteiger partial charge in [0.1, 0.15) is 11.1 Å². The van der Waals surface area contributed by atoms with Crippen LogP contribution in [0.15, 0.2) is 10.7 Å². The Bertz CT molecular complexity index is 849. The van der Waals surface area contributed by atoms with Crippen LogP contribution in [0.3, 0.4) is 0 Å². The lowest BCUT2D eigenvalue weighted by Crippen LogP contribution is -2.13. The number of aryl methyl sites for hydroxylation is 2. The van der Waals surface area contributed by atoms with E-state index in [9.17, 15) is 10.1 Å². The van der Waals surface area contributed by atoms with Crippen molar-refractivity contribution in [3.05, 3.63) is 32.4 Å². The second-order valence-corrected chi connectivity index (χ2v) is 9.06. The fourth-order valence-electron chi connectivity index (χ4n) is 3.61. The summed E-state index contributed by atoms with van der Waals surface area (Å²) in [5.41, 5.74) is 2.13. The van der Waals surface area contributed by atoms with E-state index in [4.69, 9.17) is 0 Å². The largest absolute Gasteiger partial charge is 0.311 e. The highest BCUT2D eigenvalue weighted by Gasteiger charge is 2.22. The Hall–Kier alpha value is -1.65. The highest BCUT2D eigenvalue weighted by molar-refractivity contribution is 9.10. The van der Waals surface area contributed by atoms with Crippen LogP contribution in [0.4, 0.5) is 5.00 Å². The maximum absolute atomic E-state index is 12.6. The van der Waals surface area contributed by atoms with Crippen molar-refractivity contribution in [3.63, 3.8) is 0 Å². The fraction of sp³-hybridized carbons (Fsp3) is 0.550. The summed E-state index contributed by atoms with van der Waals surface area (Å²) in [6.45, 7) is 0. The smallest absolute Gasteiger partial charge is 0.277 e. The summed E-state index contributed by atoms with van der Waals surface area (Å²) in [4.78, 5) is 13.9. The number of rotatable bonds is 2. The first-order valence-electron chi connectivity index (χ1n) is 9.65. The standard InChI is InChI=1S/C20H25BrN4OS/c1-25-13-16(21)18(24-25)19(26)23-20-15(12-22)14-10-8-6-4-2-3-5-7-9-11-17(14)27-20/h13H,2-11H2,1H3,(H,23,26). The molecule has 0 spiro atoms. The zero-order valence-electron chi connectivity index (χ0n) is 15.7. The van der Waals surface area contributed by atoms with Crippen LogP contribution in [0.5, 0.6) is 0 Å². The molecule has 0 aliphatic heterocycles. The molecule has 1 N–H and O–H groups in total. The Morgan fingerprint density at radius 1 is 1.19 bits per heavy atom. The minimum Gasteiger partial charge on any atom is -0.311 e. The summed E-state index contributed by atoms with van der Waals surface area (Å²) in [6, 6.07) is 2.35. The maximum Gasteiger partial charge on any atom is 0.277 e. The Labute approximate surface area is 172 Å². The van der Waals surface area contributed by atoms with E-state index in [1.54, 1.807) is 29.3 Å². The quantitative estimate of drug-likeness (QED) is 0.650. The lowest BCUT2D eigenvalue weighted by atomic mass is 9.98. The van der Waals surface area contributed by atoms with Gasteiger partial charge in [0.15, 0.2) is 5.69 Å². The van der Waals surface area contributed by atoms with Gasteiger partial charge in [0.25, 0.3) is 5.91 Å². The summed E-state index contributed by atoms with van der Waals surface area (Å²) >= 11 is 4.94. The van der Waals surface area contributed by atoms with Gasteiger partial charge in [0.05, 0.1) is 10.0 Å². The van der Waals surface area contributed by atoms with Gasteiger partial charge < -0.3 is 5.32 Å². The number of amides is 1. The fourth-order valence-corrected chi connectivity index (χ4v) is 5.40. The summed E-state index contributed by atoms with van der Waals surface area (Å²) in [5.74, 6) is -0.281. The number of nitriles is 1. The predicted molar refractivity (Wildman–Crippen MR) is 112 cm³/mol. The normalized spacial score (nSPS) is 15.9. The van der Waals surface area contributed by atoms with E-state index in [2.05, 4.69) is 32.4 Å². The van der Waals surface area contributed by atoms with Crippen molar-refractivity contribution in [2.45, 2.75) is 64.2 Å². The first-order valence-corrected chi connectivity index (χ1v) is 11.3. The Balaban J connectivity index is 1.85. The molecule has 144 valence electrons. The van der Waals surface area contributed by atoms with Gasteiger partial charge in [-0.3, -0.25) is 9.48 Å². The topological polar surface area (TPSA) is 70.7 Å². The van der Waals surface area contributed by atoms with Gasteiger partial charge in [0.2, 0.25) is 0 Å². The molecule has 0 bridgehead atoms. The number of carbonyl (C=O) groups is 1. The number of anilines is 1. The molecule has 1 aliphatic rings. The van der Waals surface area contributed by atoms with Gasteiger partial charge in [-0.05, 0) is 47.2 Å². The molecule has 0 saturated heterocycles. The van der Waals surface area contributed by atoms with Crippen molar-refractivity contribution < 1.29 is 4.79 Å². The summed E-state index contributed by atoms with van der Waals surface area (Å²) in [5, 5.41) is 17.6. The van der Waals surface area contributed by atoms with E-state index in [-0.39, 0.29) is 5.91 Å². The Morgan fingerprint density at radius 2 is 1.81 bits per heavy atom. The first-order chi connectivity index (χ1) is 13.1. The molecule has 7 heteroatoms. The number of hydrogen-bond acceptors (Lipinski definition) is 4. The molecule has 2 aromatic rings. The second-order valence-electron chi connectivity index (χ2n) is 7.10. The molecule has 0 radical (unpaired) electrons. The molecular formula is C20H25BrN4OS. The second kappa shape index (κ2) is 9.52. The minimum atomic E-state index is -0.281. The van der Waals surface area contributed by atoms with Crippen molar-refractivity contribution in [1.82, 2.24) is 9.78 Å². The number of aromatic nitrogens is 2. The van der Waals surface area contributed by atoms with Crippen molar-refractivity contribution >= 4 is 38.2 Å². The number of thiophene rings is 1. The number of halogens is 1. The maximum atomic E-state index is 12.6. The van der Waals surface area contributed by atoms with Crippen molar-refractivity contribution in [2.75, 3.05) is 5.32 Å². The van der Waals surface area contributed by atoms with E-state index < -0.39 is 0 Å². The Morgan fingerprint density at radius 3 is 2.41 bits per heavy atom. The van der Waals surface area contributed by atoms with E-state index in [1.165, 1.54) is 43.4 Å². The SMILES string of the molecule is Cn1cc(Br)c(C(=O)Nc2sc3c(c2C#N)CCCCCCCCCC3)n1. The molecule has 0 unspecified atom stereocenters. The lowest BCUT2D eigenvalue weighted by molar-refractivity contribution is 0.102. The number of nitrogens with zero attached hydrogens (tertiary/aromatic N) is 3. The van der Waals surface area contributed by atoms with Crippen LogP contribution in [0.25, 0.3) is 0 Å². The van der Waals surface area contributed by atoms with Gasteiger partial charge in [0, 0.05) is 18.1 Å². The minimum absolute atomic E-state index is 0.281. The van der Waals surface area contributed by atoms with E-state index in [0.717, 1.165) is 31.2 Å². The van der Waals surface area contributed by atoms with Gasteiger partial charge in [-0.1, -0.05) is 38.5 Å². The predicted octanol–water partition coefficient (Wildman–Crippen LogP) is 5.59. The molecule has 0 aromatic carbocycles. The summed E-state index contributed by atoms with van der Waals surface area (Å²) in [7, 11) is 1.77. The third kappa shape index (κ3) is 4.99. The molecule has 5 nitrogen and oxygen atoms in total. The van der Waals surface area contributed by atoms with Crippen LogP contribution >= 0.6 is 27.3 Å². The van der Waals surface area contributed by atoms with E-state index >= 15 is 0 Å². The van der Waals surface area contributed by atoms with Gasteiger partial charge >= 0.3 is 0 Å². The molecule has 0 saturated carbocycles. The number of carbonyl (C=O) groups excluding carboxylic acids is 1. The third-order valence-corrected chi connectivity index (χ3v) is 6.80. The van der Waals surface area contributed by atoms with Gasteiger partial charge in [-0.15, -0.1) is 11.3 Å². The number of nitrogens with one attached hydrogen (secondary N) is 1. The highest BCUT2D eigenvalue weighted by Crippen LogP contribution is 2.36. The monoisotopic (exact) mass is 448 g/mol. The highest BCUT2D eigenvalue weighted by atomic mass is 79.9. The van der Waals surface area contributed by atoms with E-state index in [1.807, 2.05) is 0 Å². The van der Waals surface area contributed by atoms with Crippen LogP contribution in [-0.4, -0.2) is 15.7 Å². The van der Waals surface area contributed by atoms with Gasteiger partial charge in [-0.2, -0.15) is 10.4 Å². The molecule has 2 heterocycles. The molecule has 27 heavy (non-hydrogen) atoms. The number of fused-ring (bicyclic) bond motifs is 1. The van der Waals surface area contributed by atoms with Crippen LogP contribution in [-0.2, 0) is 19.9 Å². The molecular weight excluding hydrogens is 424 g/mol. The average molecular weight is 449 g/mol. The van der Waals surface area contributed by atoms with Crippen molar-refractivity contribution in [1.29, 1.82) is 5.26 Å². The van der Waals surface area contributed by atoms with Crippen LogP contribution < -0.4 is 5.32 Å². The molecule has 1 amide bonds. The lowest BCUT2D eigenvalue weighted by Gasteiger charge is -2.08. The molecule has 3 rings (SSSR count). The van der Waals surface area contributed by atoms with Crippen molar-refractivity contribution in [3.8, 4) is 6.07 Å². The van der Waals surface area contributed by atoms with Crippen molar-refractivity contribution in [2.24, 2.45) is 7.05 Å². The van der Waals surface area contributed by atoms with Crippen LogP contribution in [0.1, 0.15) is 77.9 Å². The summed E-state index contributed by atoms with van der Waals surface area (Å²) in [6.07, 6.45) is 13.6. The van der Waals surface area contributed by atoms with Crippen LogP contribution in [0, 0.1) is 11.3 Å². The Kier molecular flexibility index (Phi) is 7.08. The molecule has 0 fully saturated rings. The first kappa shape index (κ1) is 20.1.